The van der Waals surface area contributed by atoms with Crippen LogP contribution in [0.25, 0.3) is 0 Å². The molecule has 1 aromatic rings. The largest absolute Gasteiger partial charge is 0.469 e. The zero-order valence-electron chi connectivity index (χ0n) is 7.82. The summed E-state index contributed by atoms with van der Waals surface area (Å²) in [6.45, 7) is 0. The fraction of sp³-hybridized carbons (Fsp3) is 0.444. The van der Waals surface area contributed by atoms with E-state index < -0.39 is 0 Å². The Morgan fingerprint density at radius 3 is 3.21 bits per heavy atom. The number of nitriles is 1. The monoisotopic (exact) mass is 210 g/mol. The molecule has 0 unspecified atom stereocenters. The molecular formula is C9H10N2O2S. The number of hydrogen-bond acceptors (Lipinski definition) is 5. The number of aryl methyl sites for hydroxylation is 1. The molecule has 0 N–H and O–H groups in total. The van der Waals surface area contributed by atoms with Crippen molar-refractivity contribution in [3.63, 3.8) is 0 Å². The number of methoxy groups -OCH3 is 1. The number of hydrogen-bond donors (Lipinski definition) is 0. The highest BCUT2D eigenvalue weighted by Gasteiger charge is 2.05. The first-order valence-corrected chi connectivity index (χ1v) is 5.01. The van der Waals surface area contributed by atoms with Gasteiger partial charge < -0.3 is 4.74 Å². The zero-order valence-corrected chi connectivity index (χ0v) is 8.63. The second kappa shape index (κ2) is 5.35. The maximum Gasteiger partial charge on any atom is 0.305 e. The Labute approximate surface area is 86.1 Å². The topological polar surface area (TPSA) is 63.0 Å². The van der Waals surface area contributed by atoms with E-state index in [1.54, 1.807) is 0 Å². The van der Waals surface area contributed by atoms with E-state index in [1.807, 2.05) is 11.4 Å². The summed E-state index contributed by atoms with van der Waals surface area (Å²) in [6, 6.07) is 2.03. The smallest absolute Gasteiger partial charge is 0.305 e. The highest BCUT2D eigenvalue weighted by molar-refractivity contribution is 7.09. The number of thiazole rings is 1. The van der Waals surface area contributed by atoms with Crippen LogP contribution in [0.4, 0.5) is 0 Å². The Kier molecular flexibility index (Phi) is 4.08. The van der Waals surface area contributed by atoms with E-state index >= 15 is 0 Å². The van der Waals surface area contributed by atoms with Crippen molar-refractivity contribution in [1.29, 1.82) is 5.26 Å². The lowest BCUT2D eigenvalue weighted by molar-refractivity contribution is -0.140. The highest BCUT2D eigenvalue weighted by Crippen LogP contribution is 2.11. The molecule has 14 heavy (non-hydrogen) atoms. The minimum Gasteiger partial charge on any atom is -0.469 e. The van der Waals surface area contributed by atoms with Crippen molar-refractivity contribution < 1.29 is 9.53 Å². The number of aromatic nitrogens is 1. The van der Waals surface area contributed by atoms with Crippen LogP contribution in [0.3, 0.4) is 0 Å². The molecule has 0 aliphatic heterocycles. The number of carbonyl (C=O) groups is 1. The molecule has 0 bridgehead atoms. The molecule has 0 aliphatic rings. The predicted octanol–water partition coefficient (Wildman–Crippen LogP) is 1.31. The summed E-state index contributed by atoms with van der Waals surface area (Å²) >= 11 is 1.45. The molecule has 74 valence electrons. The minimum atomic E-state index is -0.236. The van der Waals surface area contributed by atoms with Gasteiger partial charge in [0.05, 0.1) is 31.7 Å². The lowest BCUT2D eigenvalue weighted by Gasteiger charge is -1.95. The van der Waals surface area contributed by atoms with Crippen LogP contribution in [-0.2, 0) is 22.4 Å². The van der Waals surface area contributed by atoms with Gasteiger partial charge in [0.15, 0.2) is 0 Å². The summed E-state index contributed by atoms with van der Waals surface area (Å²) in [6.07, 6.45) is 1.25. The van der Waals surface area contributed by atoms with E-state index in [4.69, 9.17) is 5.26 Å². The molecule has 0 fully saturated rings. The highest BCUT2D eigenvalue weighted by atomic mass is 32.1. The van der Waals surface area contributed by atoms with Crippen LogP contribution in [0, 0.1) is 11.3 Å². The Morgan fingerprint density at radius 2 is 2.57 bits per heavy atom. The Morgan fingerprint density at radius 1 is 1.79 bits per heavy atom. The molecule has 4 nitrogen and oxygen atoms in total. The molecule has 0 radical (unpaired) electrons. The summed E-state index contributed by atoms with van der Waals surface area (Å²) in [7, 11) is 1.37. The van der Waals surface area contributed by atoms with Crippen LogP contribution >= 0.6 is 11.3 Å². The van der Waals surface area contributed by atoms with Gasteiger partial charge in [0.25, 0.3) is 0 Å². The molecule has 0 saturated heterocycles. The molecule has 0 amide bonds. The van der Waals surface area contributed by atoms with Crippen molar-refractivity contribution >= 4 is 17.3 Å². The molecule has 0 atom stereocenters. The number of esters is 1. The molecule has 0 saturated carbocycles. The summed E-state index contributed by atoms with van der Waals surface area (Å²) in [5.41, 5.74) is 0.852. The Bertz CT molecular complexity index is 354. The summed E-state index contributed by atoms with van der Waals surface area (Å²) in [5, 5.41) is 11.1. The summed E-state index contributed by atoms with van der Waals surface area (Å²) in [5.74, 6) is -0.236. The molecule has 5 heteroatoms. The Balaban J connectivity index is 2.44. The second-order valence-corrected chi connectivity index (χ2v) is 3.59. The lowest BCUT2D eigenvalue weighted by Crippen LogP contribution is -2.02. The first-order chi connectivity index (χ1) is 6.76. The third kappa shape index (κ3) is 3.15. The number of ether oxygens (including phenoxy) is 1. The van der Waals surface area contributed by atoms with Gasteiger partial charge in [0.1, 0.15) is 5.01 Å². The second-order valence-electron chi connectivity index (χ2n) is 2.64. The van der Waals surface area contributed by atoms with Gasteiger partial charge in [-0.05, 0) is 0 Å². The van der Waals surface area contributed by atoms with Crippen LogP contribution in [0.2, 0.25) is 0 Å². The maximum atomic E-state index is 10.8. The standard InChI is InChI=1S/C9H10N2O2S/c1-13-9(12)3-2-7-6-14-8(11-7)4-5-10/h6H,2-4H2,1H3. The van der Waals surface area contributed by atoms with Crippen molar-refractivity contribution in [3.8, 4) is 6.07 Å². The van der Waals surface area contributed by atoms with Crippen molar-refractivity contribution in [2.45, 2.75) is 19.3 Å². The molecule has 0 aliphatic carbocycles. The van der Waals surface area contributed by atoms with E-state index in [0.717, 1.165) is 10.7 Å². The molecule has 1 aromatic heterocycles. The third-order valence-corrected chi connectivity index (χ3v) is 2.54. The van der Waals surface area contributed by atoms with Gasteiger partial charge in [0.2, 0.25) is 0 Å². The third-order valence-electron chi connectivity index (χ3n) is 1.64. The van der Waals surface area contributed by atoms with Crippen molar-refractivity contribution in [2.75, 3.05) is 7.11 Å². The first-order valence-electron chi connectivity index (χ1n) is 4.13. The average molecular weight is 210 g/mol. The molecular weight excluding hydrogens is 200 g/mol. The first kappa shape index (κ1) is 10.7. The van der Waals surface area contributed by atoms with Crippen molar-refractivity contribution in [1.82, 2.24) is 4.98 Å². The van der Waals surface area contributed by atoms with Crippen LogP contribution in [0.1, 0.15) is 17.1 Å². The zero-order chi connectivity index (χ0) is 10.4. The fourth-order valence-electron chi connectivity index (χ4n) is 0.945. The van der Waals surface area contributed by atoms with Gasteiger partial charge >= 0.3 is 5.97 Å². The van der Waals surface area contributed by atoms with Gasteiger partial charge in [0, 0.05) is 11.8 Å². The summed E-state index contributed by atoms with van der Waals surface area (Å²) < 4.78 is 4.51. The van der Waals surface area contributed by atoms with E-state index in [0.29, 0.717) is 19.3 Å². The van der Waals surface area contributed by atoms with E-state index in [1.165, 1.54) is 18.4 Å². The van der Waals surface area contributed by atoms with Crippen LogP contribution in [-0.4, -0.2) is 18.1 Å². The van der Waals surface area contributed by atoms with Crippen molar-refractivity contribution in [3.05, 3.63) is 16.1 Å². The molecule has 0 aromatic carbocycles. The SMILES string of the molecule is COC(=O)CCc1csc(CC#N)n1. The predicted molar refractivity (Wildman–Crippen MR) is 51.8 cm³/mol. The van der Waals surface area contributed by atoms with Gasteiger partial charge in [-0.1, -0.05) is 0 Å². The van der Waals surface area contributed by atoms with E-state index in [9.17, 15) is 4.79 Å². The molecule has 1 heterocycles. The van der Waals surface area contributed by atoms with Gasteiger partial charge in [-0.3, -0.25) is 4.79 Å². The molecule has 0 spiro atoms. The maximum absolute atomic E-state index is 10.8. The molecule has 1 rings (SSSR count). The normalized spacial score (nSPS) is 9.43. The summed E-state index contributed by atoms with van der Waals surface area (Å²) in [4.78, 5) is 15.0. The van der Waals surface area contributed by atoms with Crippen LogP contribution in [0.5, 0.6) is 0 Å². The van der Waals surface area contributed by atoms with Crippen LogP contribution in [0.15, 0.2) is 5.38 Å². The van der Waals surface area contributed by atoms with E-state index in [-0.39, 0.29) is 5.97 Å². The van der Waals surface area contributed by atoms with E-state index in [2.05, 4.69) is 9.72 Å². The average Bonchev–Trinajstić information content (AvgIpc) is 2.63. The van der Waals surface area contributed by atoms with Gasteiger partial charge in [-0.2, -0.15) is 5.26 Å². The number of carbonyl (C=O) groups excluding carboxylic acids is 1. The van der Waals surface area contributed by atoms with Crippen molar-refractivity contribution in [2.24, 2.45) is 0 Å². The minimum absolute atomic E-state index is 0.236. The van der Waals surface area contributed by atoms with Gasteiger partial charge in [-0.15, -0.1) is 11.3 Å². The van der Waals surface area contributed by atoms with Gasteiger partial charge in [-0.25, -0.2) is 4.98 Å². The number of nitrogens with zero attached hydrogens (tertiary/aromatic N) is 2. The quantitative estimate of drug-likeness (QED) is 0.703. The van der Waals surface area contributed by atoms with Crippen LogP contribution < -0.4 is 0 Å². The Hall–Kier alpha value is -1.41. The lowest BCUT2D eigenvalue weighted by atomic mass is 10.2. The number of rotatable bonds is 4. The fourth-order valence-corrected chi connectivity index (χ4v) is 1.71.